The van der Waals surface area contributed by atoms with Crippen LogP contribution in [0.5, 0.6) is 0 Å². The molecule has 5 rings (SSSR count). The highest BCUT2D eigenvalue weighted by molar-refractivity contribution is 9.10. The van der Waals surface area contributed by atoms with E-state index in [1.54, 1.807) is 17.0 Å². The number of aliphatic hydroxyl groups is 1. The first-order valence-electron chi connectivity index (χ1n) is 10.0. The molecule has 0 fully saturated rings. The van der Waals surface area contributed by atoms with Crippen molar-refractivity contribution >= 4 is 33.3 Å². The number of carbonyl (C=O) groups excluding carboxylic acids is 2. The van der Waals surface area contributed by atoms with Crippen molar-refractivity contribution < 1.29 is 14.7 Å². The zero-order valence-corrected chi connectivity index (χ0v) is 17.8. The molecule has 4 nitrogen and oxygen atoms in total. The van der Waals surface area contributed by atoms with Gasteiger partial charge in [0.25, 0.3) is 5.91 Å². The van der Waals surface area contributed by atoms with Crippen LogP contribution in [0.3, 0.4) is 0 Å². The number of hydrogen-bond acceptors (Lipinski definition) is 3. The lowest BCUT2D eigenvalue weighted by Gasteiger charge is -2.34. The molecule has 3 aromatic rings. The van der Waals surface area contributed by atoms with E-state index in [4.69, 9.17) is 0 Å². The van der Waals surface area contributed by atoms with E-state index < -0.39 is 17.4 Å². The van der Waals surface area contributed by atoms with E-state index in [0.717, 1.165) is 15.6 Å². The maximum absolute atomic E-state index is 13.7. The van der Waals surface area contributed by atoms with Crippen LogP contribution in [0.15, 0.2) is 77.3 Å². The lowest BCUT2D eigenvalue weighted by molar-refractivity contribution is -0.140. The van der Waals surface area contributed by atoms with Gasteiger partial charge in [0.05, 0.1) is 18.2 Å². The van der Waals surface area contributed by atoms with Gasteiger partial charge in [0, 0.05) is 15.6 Å². The maximum atomic E-state index is 13.7. The molecular weight excluding hydrogens is 442 g/mol. The lowest BCUT2D eigenvalue weighted by Crippen LogP contribution is -2.49. The Bertz CT molecular complexity index is 1160. The summed E-state index contributed by atoms with van der Waals surface area (Å²) in [5.74, 6) is -1.41. The fourth-order valence-corrected chi connectivity index (χ4v) is 5.10. The third kappa shape index (κ3) is 2.84. The summed E-state index contributed by atoms with van der Waals surface area (Å²) < 4.78 is 0.762. The van der Waals surface area contributed by atoms with E-state index in [1.807, 2.05) is 60.7 Å². The number of halogens is 1. The van der Waals surface area contributed by atoms with Crippen LogP contribution in [0.4, 0.5) is 5.69 Å². The zero-order valence-electron chi connectivity index (χ0n) is 16.2. The number of fused-ring (bicyclic) bond motifs is 2. The summed E-state index contributed by atoms with van der Waals surface area (Å²) in [6, 6.07) is 22.6. The molecule has 3 aromatic carbocycles. The molecule has 0 saturated heterocycles. The molecule has 5 heteroatoms. The van der Waals surface area contributed by atoms with Crippen molar-refractivity contribution in [1.29, 1.82) is 0 Å². The summed E-state index contributed by atoms with van der Waals surface area (Å²) in [5.41, 5.74) is 1.82. The quantitative estimate of drug-likeness (QED) is 0.618. The average Bonchev–Trinajstić information content (AvgIpc) is 2.97. The molecule has 2 aliphatic rings. The molecule has 2 atom stereocenters. The van der Waals surface area contributed by atoms with Crippen molar-refractivity contribution in [2.24, 2.45) is 5.92 Å². The largest absolute Gasteiger partial charge is 0.375 e. The molecule has 1 aliphatic heterocycles. The van der Waals surface area contributed by atoms with Crippen molar-refractivity contribution in [3.05, 3.63) is 99.5 Å². The highest BCUT2D eigenvalue weighted by Gasteiger charge is 2.57. The molecule has 0 aromatic heterocycles. The number of carbonyl (C=O) groups is 2. The number of hydrogen-bond donors (Lipinski definition) is 1. The Morgan fingerprint density at radius 3 is 2.53 bits per heavy atom. The van der Waals surface area contributed by atoms with E-state index in [2.05, 4.69) is 15.9 Å². The average molecular weight is 462 g/mol. The predicted molar refractivity (Wildman–Crippen MR) is 118 cm³/mol. The van der Waals surface area contributed by atoms with Gasteiger partial charge in [0.15, 0.2) is 11.4 Å². The number of nitrogens with zero attached hydrogens (tertiary/aromatic N) is 1. The first kappa shape index (κ1) is 19.2. The summed E-state index contributed by atoms with van der Waals surface area (Å²) in [6.07, 6.45) is 1.09. The Morgan fingerprint density at radius 1 is 1.00 bits per heavy atom. The molecule has 30 heavy (non-hydrogen) atoms. The Morgan fingerprint density at radius 2 is 1.73 bits per heavy atom. The smallest absolute Gasteiger partial charge is 0.264 e. The molecule has 1 aliphatic carbocycles. The molecule has 0 spiro atoms. The minimum absolute atomic E-state index is 0.166. The van der Waals surface area contributed by atoms with Crippen LogP contribution in [-0.2, 0) is 23.4 Å². The van der Waals surface area contributed by atoms with Crippen molar-refractivity contribution in [3.63, 3.8) is 0 Å². The zero-order chi connectivity index (χ0) is 20.9. The van der Waals surface area contributed by atoms with Gasteiger partial charge in [0.1, 0.15) is 0 Å². The Hall–Kier alpha value is -2.76. The fourth-order valence-electron chi connectivity index (χ4n) is 4.73. The Balaban J connectivity index is 1.61. The molecule has 1 amide bonds. The first-order valence-corrected chi connectivity index (χ1v) is 10.8. The van der Waals surface area contributed by atoms with Gasteiger partial charge in [-0.2, -0.15) is 0 Å². The summed E-state index contributed by atoms with van der Waals surface area (Å²) >= 11 is 3.46. The van der Waals surface area contributed by atoms with Gasteiger partial charge in [-0.25, -0.2) is 0 Å². The molecule has 0 radical (unpaired) electrons. The highest BCUT2D eigenvalue weighted by Crippen LogP contribution is 2.49. The molecular formula is C25H20BrNO3. The first-order chi connectivity index (χ1) is 14.5. The van der Waals surface area contributed by atoms with Crippen molar-refractivity contribution in [2.75, 3.05) is 4.90 Å². The topological polar surface area (TPSA) is 57.6 Å². The standard InChI is InChI=1S/C25H20BrNO3/c26-18-11-13-22-21(14-18)25(30,24(29)27(22)15-16-6-2-1-3-7-16)20-12-10-17-8-4-5-9-19(17)23(20)28/h1-9,11,13-14,20,30H,10,12,15H2/t20-,25-/m1/s1. The third-order valence-corrected chi connectivity index (χ3v) is 6.71. The van der Waals surface area contributed by atoms with Crippen molar-refractivity contribution in [3.8, 4) is 0 Å². The minimum Gasteiger partial charge on any atom is -0.375 e. The van der Waals surface area contributed by atoms with Gasteiger partial charge >= 0.3 is 0 Å². The summed E-state index contributed by atoms with van der Waals surface area (Å²) in [5, 5.41) is 11.9. The second-order valence-corrected chi connectivity index (χ2v) is 8.83. The van der Waals surface area contributed by atoms with Gasteiger partial charge < -0.3 is 10.0 Å². The molecule has 0 saturated carbocycles. The van der Waals surface area contributed by atoms with Gasteiger partial charge in [-0.1, -0.05) is 70.5 Å². The van der Waals surface area contributed by atoms with Crippen molar-refractivity contribution in [1.82, 2.24) is 0 Å². The number of ketones is 1. The van der Waals surface area contributed by atoms with Crippen LogP contribution in [0.1, 0.15) is 33.5 Å². The number of aryl methyl sites for hydroxylation is 1. The molecule has 1 N–H and O–H groups in total. The van der Waals surface area contributed by atoms with Crippen LogP contribution in [0.2, 0.25) is 0 Å². The molecule has 0 unspecified atom stereocenters. The molecule has 150 valence electrons. The number of Topliss-reactive ketones (excluding diaryl/α,β-unsaturated/α-hetero) is 1. The van der Waals surface area contributed by atoms with E-state index in [1.165, 1.54) is 0 Å². The van der Waals surface area contributed by atoms with E-state index in [0.29, 0.717) is 36.2 Å². The Labute approximate surface area is 183 Å². The molecule has 1 heterocycles. The predicted octanol–water partition coefficient (Wildman–Crippen LogP) is 4.63. The van der Waals surface area contributed by atoms with Gasteiger partial charge in [0.2, 0.25) is 0 Å². The number of benzene rings is 3. The second-order valence-electron chi connectivity index (χ2n) is 7.92. The maximum Gasteiger partial charge on any atom is 0.264 e. The molecule has 0 bridgehead atoms. The number of amides is 1. The number of anilines is 1. The van der Waals surface area contributed by atoms with Gasteiger partial charge in [-0.15, -0.1) is 0 Å². The second kappa shape index (κ2) is 7.18. The summed E-state index contributed by atoms with van der Waals surface area (Å²) in [4.78, 5) is 28.6. The third-order valence-electron chi connectivity index (χ3n) is 6.22. The summed E-state index contributed by atoms with van der Waals surface area (Å²) in [7, 11) is 0. The van der Waals surface area contributed by atoms with Crippen LogP contribution < -0.4 is 4.90 Å². The van der Waals surface area contributed by atoms with E-state index in [-0.39, 0.29) is 5.78 Å². The van der Waals surface area contributed by atoms with Crippen LogP contribution in [0, 0.1) is 5.92 Å². The SMILES string of the molecule is O=C1c2ccccc2CC[C@H]1[C@]1(O)C(=O)N(Cc2ccccc2)c2ccc(Br)cc21. The van der Waals surface area contributed by atoms with Crippen LogP contribution >= 0.6 is 15.9 Å². The van der Waals surface area contributed by atoms with Gasteiger partial charge in [-0.3, -0.25) is 9.59 Å². The Kier molecular flexibility index (Phi) is 4.60. The van der Waals surface area contributed by atoms with Gasteiger partial charge in [-0.05, 0) is 42.2 Å². The number of rotatable bonds is 3. The monoisotopic (exact) mass is 461 g/mol. The highest BCUT2D eigenvalue weighted by atomic mass is 79.9. The minimum atomic E-state index is -1.88. The lowest BCUT2D eigenvalue weighted by atomic mass is 9.71. The van der Waals surface area contributed by atoms with Crippen LogP contribution in [0.25, 0.3) is 0 Å². The van der Waals surface area contributed by atoms with E-state index in [9.17, 15) is 14.7 Å². The van der Waals surface area contributed by atoms with Crippen molar-refractivity contribution in [2.45, 2.75) is 25.0 Å². The normalized spacial score (nSPS) is 22.7. The van der Waals surface area contributed by atoms with E-state index >= 15 is 0 Å². The fraction of sp³-hybridized carbons (Fsp3) is 0.200. The van der Waals surface area contributed by atoms with Crippen LogP contribution in [-0.4, -0.2) is 16.8 Å². The summed E-state index contributed by atoms with van der Waals surface area (Å²) in [6.45, 7) is 0.341.